The maximum absolute atomic E-state index is 13.0. The Hall–Kier alpha value is -0.320. The van der Waals surface area contributed by atoms with Gasteiger partial charge in [-0.05, 0) is 63.2 Å². The maximum Gasteiger partial charge on any atom is 0.522 e. The van der Waals surface area contributed by atoms with Gasteiger partial charge in [0.05, 0.1) is 6.10 Å². The fourth-order valence-electron chi connectivity index (χ4n) is 3.42. The average Bonchev–Trinajstić information content (AvgIpc) is 2.29. The van der Waals surface area contributed by atoms with E-state index in [0.717, 1.165) is 25.7 Å². The van der Waals surface area contributed by atoms with Gasteiger partial charge in [-0.2, -0.15) is 0 Å². The third-order valence-electron chi connectivity index (χ3n) is 4.39. The first kappa shape index (κ1) is 14.1. The first-order chi connectivity index (χ1) is 8.44. The second-order valence-corrected chi connectivity index (χ2v) is 5.61. The molecule has 2 rings (SSSR count). The highest BCUT2D eigenvalue weighted by Gasteiger charge is 2.37. The predicted molar refractivity (Wildman–Crippen MR) is 59.7 cm³/mol. The quantitative estimate of drug-likeness (QED) is 0.664. The van der Waals surface area contributed by atoms with Gasteiger partial charge >= 0.3 is 6.36 Å². The summed E-state index contributed by atoms with van der Waals surface area (Å²) in [4.78, 5) is 0. The van der Waals surface area contributed by atoms with Gasteiger partial charge in [0.1, 0.15) is 6.17 Å². The van der Waals surface area contributed by atoms with E-state index in [9.17, 15) is 17.6 Å². The van der Waals surface area contributed by atoms with Gasteiger partial charge in [0, 0.05) is 0 Å². The van der Waals surface area contributed by atoms with Crippen LogP contribution in [-0.4, -0.2) is 18.6 Å². The van der Waals surface area contributed by atoms with E-state index in [-0.39, 0.29) is 0 Å². The van der Waals surface area contributed by atoms with Gasteiger partial charge in [0.2, 0.25) is 0 Å². The lowest BCUT2D eigenvalue weighted by molar-refractivity contribution is -0.346. The SMILES string of the molecule is FC1CCC(C2CCC(OC(F)(F)F)CC2)CC1. The predicted octanol–water partition coefficient (Wildman–Crippen LogP) is 4.61. The lowest BCUT2D eigenvalue weighted by Crippen LogP contribution is -2.31. The van der Waals surface area contributed by atoms with Crippen LogP contribution in [0.4, 0.5) is 17.6 Å². The highest BCUT2D eigenvalue weighted by atomic mass is 19.4. The van der Waals surface area contributed by atoms with E-state index in [0.29, 0.717) is 37.5 Å². The summed E-state index contributed by atoms with van der Waals surface area (Å²) in [5.74, 6) is 0.995. The molecule has 0 bridgehead atoms. The molecule has 0 saturated heterocycles. The lowest BCUT2D eigenvalue weighted by Gasteiger charge is -2.36. The fraction of sp³-hybridized carbons (Fsp3) is 1.00. The van der Waals surface area contributed by atoms with Crippen molar-refractivity contribution >= 4 is 0 Å². The highest BCUT2D eigenvalue weighted by Crippen LogP contribution is 2.40. The summed E-state index contributed by atoms with van der Waals surface area (Å²) in [6.45, 7) is 0. The van der Waals surface area contributed by atoms with Gasteiger partial charge < -0.3 is 0 Å². The van der Waals surface area contributed by atoms with Gasteiger partial charge in [0.25, 0.3) is 0 Å². The Morgan fingerprint density at radius 3 is 1.61 bits per heavy atom. The number of ether oxygens (including phenoxy) is 1. The topological polar surface area (TPSA) is 9.23 Å². The van der Waals surface area contributed by atoms with Crippen molar-refractivity contribution in [3.63, 3.8) is 0 Å². The van der Waals surface area contributed by atoms with Crippen LogP contribution >= 0.6 is 0 Å². The molecule has 106 valence electrons. The minimum atomic E-state index is -4.51. The Balaban J connectivity index is 1.73. The monoisotopic (exact) mass is 268 g/mol. The smallest absolute Gasteiger partial charge is 0.289 e. The van der Waals surface area contributed by atoms with Crippen molar-refractivity contribution in [1.29, 1.82) is 0 Å². The molecule has 0 atom stereocenters. The van der Waals surface area contributed by atoms with Gasteiger partial charge in [-0.1, -0.05) is 0 Å². The first-order valence-corrected chi connectivity index (χ1v) is 6.82. The molecule has 2 saturated carbocycles. The van der Waals surface area contributed by atoms with Gasteiger partial charge in [-0.25, -0.2) is 4.39 Å². The molecule has 1 nitrogen and oxygen atoms in total. The van der Waals surface area contributed by atoms with Crippen LogP contribution in [-0.2, 0) is 4.74 Å². The molecule has 0 aromatic heterocycles. The fourth-order valence-corrected chi connectivity index (χ4v) is 3.42. The summed E-state index contributed by atoms with van der Waals surface area (Å²) in [5, 5.41) is 0. The van der Waals surface area contributed by atoms with E-state index >= 15 is 0 Å². The van der Waals surface area contributed by atoms with E-state index in [1.165, 1.54) is 0 Å². The average molecular weight is 268 g/mol. The Kier molecular flexibility index (Phi) is 4.51. The van der Waals surface area contributed by atoms with Crippen LogP contribution in [0.2, 0.25) is 0 Å². The molecule has 5 heteroatoms. The molecule has 0 amide bonds. The molecule has 2 aliphatic rings. The summed E-state index contributed by atoms with van der Waals surface area (Å²) in [6.07, 6.45) is -0.223. The zero-order valence-corrected chi connectivity index (χ0v) is 10.4. The molecule has 0 radical (unpaired) electrons. The third-order valence-corrected chi connectivity index (χ3v) is 4.39. The molecule has 2 aliphatic carbocycles. The van der Waals surface area contributed by atoms with Crippen LogP contribution in [0, 0.1) is 11.8 Å². The van der Waals surface area contributed by atoms with E-state index < -0.39 is 18.6 Å². The van der Waals surface area contributed by atoms with Crippen molar-refractivity contribution in [2.45, 2.75) is 70.0 Å². The second-order valence-electron chi connectivity index (χ2n) is 5.61. The molecule has 18 heavy (non-hydrogen) atoms. The first-order valence-electron chi connectivity index (χ1n) is 6.82. The highest BCUT2D eigenvalue weighted by molar-refractivity contribution is 4.82. The Bertz CT molecular complexity index is 250. The minimum Gasteiger partial charge on any atom is -0.289 e. The summed E-state index contributed by atoms with van der Waals surface area (Å²) >= 11 is 0. The van der Waals surface area contributed by atoms with Crippen LogP contribution in [0.3, 0.4) is 0 Å². The van der Waals surface area contributed by atoms with Crippen molar-refractivity contribution < 1.29 is 22.3 Å². The van der Waals surface area contributed by atoms with E-state index in [2.05, 4.69) is 4.74 Å². The molecular weight excluding hydrogens is 248 g/mol. The van der Waals surface area contributed by atoms with Crippen LogP contribution in [0.5, 0.6) is 0 Å². The number of rotatable bonds is 2. The molecule has 0 heterocycles. The third kappa shape index (κ3) is 4.11. The van der Waals surface area contributed by atoms with Crippen molar-refractivity contribution in [3.8, 4) is 0 Å². The number of alkyl halides is 4. The molecule has 0 N–H and O–H groups in total. The number of halogens is 4. The molecule has 0 spiro atoms. The molecule has 0 aromatic carbocycles. The standard InChI is InChI=1S/C13H20F4O/c14-11-5-1-9(2-6-11)10-3-7-12(8-4-10)18-13(15,16)17/h9-12H,1-8H2. The van der Waals surface area contributed by atoms with Crippen LogP contribution in [0.1, 0.15) is 51.4 Å². The summed E-state index contributed by atoms with van der Waals surface area (Å²) < 4.78 is 53.3. The summed E-state index contributed by atoms with van der Waals surface area (Å²) in [7, 11) is 0. The van der Waals surface area contributed by atoms with Crippen LogP contribution in [0.15, 0.2) is 0 Å². The molecule has 0 aromatic rings. The normalized spacial score (nSPS) is 38.7. The Morgan fingerprint density at radius 1 is 0.722 bits per heavy atom. The maximum atomic E-state index is 13.0. The van der Waals surface area contributed by atoms with E-state index in [1.54, 1.807) is 0 Å². The van der Waals surface area contributed by atoms with Gasteiger partial charge in [-0.15, -0.1) is 13.2 Å². The zero-order valence-electron chi connectivity index (χ0n) is 10.4. The molecular formula is C13H20F4O. The van der Waals surface area contributed by atoms with Crippen molar-refractivity contribution in [2.24, 2.45) is 11.8 Å². The van der Waals surface area contributed by atoms with Gasteiger partial charge in [-0.3, -0.25) is 4.74 Å². The minimum absolute atomic E-state index is 0.477. The van der Waals surface area contributed by atoms with Crippen LogP contribution in [0.25, 0.3) is 0 Å². The lowest BCUT2D eigenvalue weighted by atomic mass is 9.72. The molecule has 2 fully saturated rings. The summed E-state index contributed by atoms with van der Waals surface area (Å²) in [5.41, 5.74) is 0. The molecule has 0 aliphatic heterocycles. The van der Waals surface area contributed by atoms with E-state index in [1.807, 2.05) is 0 Å². The molecule has 0 unspecified atom stereocenters. The number of hydrogen-bond donors (Lipinski definition) is 0. The van der Waals surface area contributed by atoms with Crippen molar-refractivity contribution in [1.82, 2.24) is 0 Å². The summed E-state index contributed by atoms with van der Waals surface area (Å²) in [6, 6.07) is 0. The zero-order chi connectivity index (χ0) is 13.2. The number of hydrogen-bond acceptors (Lipinski definition) is 1. The Morgan fingerprint density at radius 2 is 1.17 bits per heavy atom. The second kappa shape index (κ2) is 5.76. The van der Waals surface area contributed by atoms with Crippen molar-refractivity contribution in [2.75, 3.05) is 0 Å². The largest absolute Gasteiger partial charge is 0.522 e. The van der Waals surface area contributed by atoms with Gasteiger partial charge in [0.15, 0.2) is 0 Å². The Labute approximate surface area is 105 Å². The van der Waals surface area contributed by atoms with Crippen LogP contribution < -0.4 is 0 Å². The van der Waals surface area contributed by atoms with E-state index in [4.69, 9.17) is 0 Å². The van der Waals surface area contributed by atoms with Crippen molar-refractivity contribution in [3.05, 3.63) is 0 Å².